The van der Waals surface area contributed by atoms with Crippen LogP contribution in [0.3, 0.4) is 0 Å². The number of amides is 1. The van der Waals surface area contributed by atoms with Crippen molar-refractivity contribution in [1.29, 1.82) is 0 Å². The lowest BCUT2D eigenvalue weighted by Crippen LogP contribution is -2.63. The summed E-state index contributed by atoms with van der Waals surface area (Å²) in [5.41, 5.74) is 0.536. The van der Waals surface area contributed by atoms with Crippen LogP contribution in [-0.2, 0) is 4.79 Å². The van der Waals surface area contributed by atoms with Crippen molar-refractivity contribution in [3.63, 3.8) is 0 Å². The molecule has 1 aromatic heterocycles. The van der Waals surface area contributed by atoms with Gasteiger partial charge in [-0.15, -0.1) is 0 Å². The van der Waals surface area contributed by atoms with Gasteiger partial charge < -0.3 is 9.64 Å². The number of rotatable bonds is 2. The molecule has 3 saturated carbocycles. The van der Waals surface area contributed by atoms with Crippen molar-refractivity contribution in [2.75, 3.05) is 7.05 Å². The standard InChI is InChI=1S/C25H36N2O2/c1-16-14-20-24(2,12-10-22(28)27(20)4)19-9-11-25(3)18(23(16)19)7-8-21(25)29-17-6-5-13-26-15-17/h5-6,13,15-16,18-21,23H,7-12,14H2,1-4H3/t16?,18-,19+,20?,21?,23-,24+,25-/m0/s1. The zero-order valence-corrected chi connectivity index (χ0v) is 18.4. The second-order valence-corrected chi connectivity index (χ2v) is 10.9. The SMILES string of the molecule is CC1CC2N(C)C(=O)CC[C@]2(C)[C@@H]2CC[C@]3(C)C(Oc4cccnc4)CC[C@H]3[C@H]12. The normalized spacial score (nSPS) is 46.6. The molecule has 0 radical (unpaired) electrons. The molecule has 1 aliphatic heterocycles. The second kappa shape index (κ2) is 6.72. The lowest BCUT2D eigenvalue weighted by molar-refractivity contribution is -0.168. The summed E-state index contributed by atoms with van der Waals surface area (Å²) in [7, 11) is 2.05. The molecule has 2 heterocycles. The molecule has 0 N–H and O–H groups in total. The fourth-order valence-corrected chi connectivity index (χ4v) is 8.19. The first kappa shape index (κ1) is 19.4. The largest absolute Gasteiger partial charge is 0.488 e. The average molecular weight is 397 g/mol. The van der Waals surface area contributed by atoms with Gasteiger partial charge in [-0.3, -0.25) is 9.78 Å². The molecule has 29 heavy (non-hydrogen) atoms. The van der Waals surface area contributed by atoms with E-state index in [4.69, 9.17) is 4.74 Å². The van der Waals surface area contributed by atoms with E-state index in [1.54, 1.807) is 0 Å². The summed E-state index contributed by atoms with van der Waals surface area (Å²) in [5, 5.41) is 0. The average Bonchev–Trinajstić information content (AvgIpc) is 3.04. The quantitative estimate of drug-likeness (QED) is 0.711. The molecule has 1 aromatic rings. The predicted octanol–water partition coefficient (Wildman–Crippen LogP) is 4.94. The lowest BCUT2D eigenvalue weighted by Gasteiger charge is -2.63. The molecule has 5 rings (SSSR count). The van der Waals surface area contributed by atoms with Gasteiger partial charge in [0, 0.05) is 31.1 Å². The van der Waals surface area contributed by atoms with Crippen molar-refractivity contribution in [3.05, 3.63) is 24.5 Å². The van der Waals surface area contributed by atoms with Crippen molar-refractivity contribution in [1.82, 2.24) is 9.88 Å². The predicted molar refractivity (Wildman–Crippen MR) is 113 cm³/mol. The molecule has 4 aliphatic rings. The summed E-state index contributed by atoms with van der Waals surface area (Å²) in [5.74, 6) is 4.18. The minimum absolute atomic E-state index is 0.255. The molecule has 0 bridgehead atoms. The Kier molecular flexibility index (Phi) is 4.49. The molecule has 3 unspecified atom stereocenters. The van der Waals surface area contributed by atoms with Crippen LogP contribution in [0.15, 0.2) is 24.5 Å². The van der Waals surface area contributed by atoms with Crippen molar-refractivity contribution in [2.24, 2.45) is 34.5 Å². The fraction of sp³-hybridized carbons (Fsp3) is 0.760. The Balaban J connectivity index is 1.42. The van der Waals surface area contributed by atoms with E-state index in [9.17, 15) is 4.79 Å². The molecular formula is C25H36N2O2. The van der Waals surface area contributed by atoms with Gasteiger partial charge in [0.1, 0.15) is 11.9 Å². The number of piperidine rings is 1. The Bertz CT molecular complexity index is 782. The summed E-state index contributed by atoms with van der Waals surface area (Å²) in [6.07, 6.45) is 11.9. The van der Waals surface area contributed by atoms with Crippen LogP contribution in [0.2, 0.25) is 0 Å². The number of pyridine rings is 1. The van der Waals surface area contributed by atoms with E-state index < -0.39 is 0 Å². The summed E-state index contributed by atoms with van der Waals surface area (Å²) >= 11 is 0. The maximum absolute atomic E-state index is 12.4. The molecule has 4 heteroatoms. The maximum Gasteiger partial charge on any atom is 0.222 e. The molecule has 158 valence electrons. The van der Waals surface area contributed by atoms with Crippen LogP contribution in [0.5, 0.6) is 5.75 Å². The van der Waals surface area contributed by atoms with Crippen LogP contribution in [0.25, 0.3) is 0 Å². The van der Waals surface area contributed by atoms with Crippen LogP contribution in [0.1, 0.15) is 65.7 Å². The van der Waals surface area contributed by atoms with E-state index in [-0.39, 0.29) is 10.8 Å². The Labute approximate surface area is 175 Å². The van der Waals surface area contributed by atoms with Crippen LogP contribution in [0.4, 0.5) is 0 Å². The zero-order chi connectivity index (χ0) is 20.4. The molecule has 0 spiro atoms. The third-order valence-electron chi connectivity index (χ3n) is 9.76. The molecule has 3 aliphatic carbocycles. The highest BCUT2D eigenvalue weighted by Crippen LogP contribution is 2.66. The van der Waals surface area contributed by atoms with E-state index >= 15 is 0 Å². The number of nitrogens with zero attached hydrogens (tertiary/aromatic N) is 2. The first-order valence-electron chi connectivity index (χ1n) is 11.7. The molecule has 8 atom stereocenters. The minimum Gasteiger partial charge on any atom is -0.488 e. The van der Waals surface area contributed by atoms with Gasteiger partial charge in [-0.25, -0.2) is 0 Å². The Hall–Kier alpha value is -1.58. The molecule has 0 aromatic carbocycles. The maximum atomic E-state index is 12.4. The Morgan fingerprint density at radius 1 is 1.14 bits per heavy atom. The first-order chi connectivity index (χ1) is 13.8. The summed E-state index contributed by atoms with van der Waals surface area (Å²) in [4.78, 5) is 18.8. The fourth-order valence-electron chi connectivity index (χ4n) is 8.19. The Morgan fingerprint density at radius 2 is 1.93 bits per heavy atom. The van der Waals surface area contributed by atoms with E-state index in [0.29, 0.717) is 24.0 Å². The number of ether oxygens (including phenoxy) is 1. The number of carbonyl (C=O) groups is 1. The number of fused-ring (bicyclic) bond motifs is 5. The van der Waals surface area contributed by atoms with Gasteiger partial charge in [0.05, 0.1) is 6.20 Å². The number of carbonyl (C=O) groups excluding carboxylic acids is 1. The van der Waals surface area contributed by atoms with Crippen molar-refractivity contribution in [3.8, 4) is 5.75 Å². The number of hydrogen-bond acceptors (Lipinski definition) is 3. The highest BCUT2D eigenvalue weighted by molar-refractivity contribution is 5.77. The van der Waals surface area contributed by atoms with Gasteiger partial charge in [-0.1, -0.05) is 20.8 Å². The van der Waals surface area contributed by atoms with E-state index in [1.165, 1.54) is 25.7 Å². The second-order valence-electron chi connectivity index (χ2n) is 10.9. The summed E-state index contributed by atoms with van der Waals surface area (Å²) in [6.45, 7) is 7.47. The smallest absolute Gasteiger partial charge is 0.222 e. The topological polar surface area (TPSA) is 42.4 Å². The monoisotopic (exact) mass is 396 g/mol. The van der Waals surface area contributed by atoms with E-state index in [1.807, 2.05) is 24.5 Å². The van der Waals surface area contributed by atoms with Crippen LogP contribution in [0, 0.1) is 34.5 Å². The molecular weight excluding hydrogens is 360 g/mol. The minimum atomic E-state index is 0.255. The van der Waals surface area contributed by atoms with Gasteiger partial charge in [-0.2, -0.15) is 0 Å². The number of likely N-dealkylation sites (tertiary alicyclic amines) is 1. The van der Waals surface area contributed by atoms with Gasteiger partial charge in [0.15, 0.2) is 0 Å². The molecule has 1 saturated heterocycles. The van der Waals surface area contributed by atoms with Gasteiger partial charge in [-0.05, 0) is 79.7 Å². The van der Waals surface area contributed by atoms with Gasteiger partial charge in [0.2, 0.25) is 5.91 Å². The Morgan fingerprint density at radius 3 is 2.69 bits per heavy atom. The van der Waals surface area contributed by atoms with Gasteiger partial charge >= 0.3 is 0 Å². The number of aromatic nitrogens is 1. The molecule has 1 amide bonds. The zero-order valence-electron chi connectivity index (χ0n) is 18.4. The van der Waals surface area contributed by atoms with Crippen molar-refractivity contribution >= 4 is 5.91 Å². The molecule has 4 fully saturated rings. The third-order valence-corrected chi connectivity index (χ3v) is 9.76. The van der Waals surface area contributed by atoms with Crippen LogP contribution < -0.4 is 4.74 Å². The van der Waals surface area contributed by atoms with E-state index in [2.05, 4.69) is 37.7 Å². The molecule has 4 nitrogen and oxygen atoms in total. The summed E-state index contributed by atoms with van der Waals surface area (Å²) in [6, 6.07) is 4.43. The number of hydrogen-bond donors (Lipinski definition) is 0. The highest BCUT2D eigenvalue weighted by atomic mass is 16.5. The lowest BCUT2D eigenvalue weighted by atomic mass is 9.45. The van der Waals surface area contributed by atoms with E-state index in [0.717, 1.165) is 42.8 Å². The van der Waals surface area contributed by atoms with Crippen LogP contribution in [-0.4, -0.2) is 35.0 Å². The van der Waals surface area contributed by atoms with Crippen molar-refractivity contribution in [2.45, 2.75) is 77.9 Å². The summed E-state index contributed by atoms with van der Waals surface area (Å²) < 4.78 is 6.51. The first-order valence-corrected chi connectivity index (χ1v) is 11.7. The third kappa shape index (κ3) is 2.77. The highest BCUT2D eigenvalue weighted by Gasteiger charge is 2.63. The van der Waals surface area contributed by atoms with Crippen LogP contribution >= 0.6 is 0 Å². The van der Waals surface area contributed by atoms with Crippen molar-refractivity contribution < 1.29 is 9.53 Å². The van der Waals surface area contributed by atoms with Gasteiger partial charge in [0.25, 0.3) is 0 Å².